The molecule has 2 aromatic heterocycles. The van der Waals surface area contributed by atoms with Gasteiger partial charge in [-0.25, -0.2) is 4.57 Å². The molecule has 0 fully saturated rings. The van der Waals surface area contributed by atoms with Crippen LogP contribution in [0.25, 0.3) is 28.2 Å². The molecule has 0 bridgehead atoms. The number of benzene rings is 2. The minimum absolute atomic E-state index is 0.736. The number of fused-ring (bicyclic) bond motifs is 3. The molecule has 4 aromatic rings. The Labute approximate surface area is 134 Å². The first kappa shape index (κ1) is 13.7. The monoisotopic (exact) mass is 304 g/mol. The van der Waals surface area contributed by atoms with Crippen LogP contribution in [-0.4, -0.2) is 28.5 Å². The Balaban J connectivity index is 2.14. The SMILES string of the molecule is CN(C)c1nc(-c2ccccc2)nc2n1c1ccccc1[n+]2C. The van der Waals surface area contributed by atoms with Crippen molar-refractivity contribution in [1.29, 1.82) is 0 Å². The second-order valence-electron chi connectivity index (χ2n) is 5.79. The lowest BCUT2D eigenvalue weighted by Gasteiger charge is -2.10. The fourth-order valence-corrected chi connectivity index (χ4v) is 2.91. The Bertz CT molecular complexity index is 1000. The van der Waals surface area contributed by atoms with Gasteiger partial charge in [0.1, 0.15) is 11.0 Å². The zero-order valence-corrected chi connectivity index (χ0v) is 13.4. The summed E-state index contributed by atoms with van der Waals surface area (Å²) in [5.41, 5.74) is 3.26. The first-order chi connectivity index (χ1) is 11.2. The van der Waals surface area contributed by atoms with Crippen LogP contribution < -0.4 is 9.47 Å². The molecule has 114 valence electrons. The number of nitrogens with zero attached hydrogens (tertiary/aromatic N) is 5. The smallest absolute Gasteiger partial charge is 0.335 e. The summed E-state index contributed by atoms with van der Waals surface area (Å²) in [5, 5.41) is 0. The lowest BCUT2D eigenvalue weighted by Crippen LogP contribution is -2.29. The summed E-state index contributed by atoms with van der Waals surface area (Å²) in [4.78, 5) is 11.6. The lowest BCUT2D eigenvalue weighted by molar-refractivity contribution is -0.620. The molecular weight excluding hydrogens is 286 g/mol. The van der Waals surface area contributed by atoms with Gasteiger partial charge in [0, 0.05) is 19.7 Å². The number of hydrogen-bond donors (Lipinski definition) is 0. The predicted octanol–water partition coefficient (Wildman–Crippen LogP) is 2.44. The summed E-state index contributed by atoms with van der Waals surface area (Å²) in [5.74, 6) is 2.48. The van der Waals surface area contributed by atoms with Crippen molar-refractivity contribution in [3.63, 3.8) is 0 Å². The van der Waals surface area contributed by atoms with Crippen LogP contribution in [0.1, 0.15) is 0 Å². The van der Waals surface area contributed by atoms with E-state index in [0.717, 1.165) is 34.1 Å². The third-order valence-electron chi connectivity index (χ3n) is 4.03. The molecule has 0 saturated heterocycles. The van der Waals surface area contributed by atoms with E-state index in [4.69, 9.17) is 9.97 Å². The Kier molecular flexibility index (Phi) is 3.01. The van der Waals surface area contributed by atoms with Crippen molar-refractivity contribution in [1.82, 2.24) is 14.4 Å². The van der Waals surface area contributed by atoms with Crippen molar-refractivity contribution in [2.45, 2.75) is 0 Å². The standard InChI is InChI=1S/C18H18N5/c1-21(2)17-19-16(13-9-5-4-6-10-13)20-18-22(3)14-11-7-8-12-15(14)23(17)18/h4-12H,1-3H3/q+1. The van der Waals surface area contributed by atoms with Crippen molar-refractivity contribution in [3.05, 3.63) is 54.6 Å². The molecule has 2 heterocycles. The average molecular weight is 304 g/mol. The number of hydrogen-bond acceptors (Lipinski definition) is 3. The van der Waals surface area contributed by atoms with Gasteiger partial charge in [-0.1, -0.05) is 30.3 Å². The molecule has 0 aliphatic heterocycles. The number of rotatable bonds is 2. The molecule has 0 radical (unpaired) electrons. The van der Waals surface area contributed by atoms with Crippen LogP contribution in [-0.2, 0) is 7.05 Å². The van der Waals surface area contributed by atoms with Crippen molar-refractivity contribution in [2.24, 2.45) is 7.05 Å². The van der Waals surface area contributed by atoms with Crippen molar-refractivity contribution in [2.75, 3.05) is 19.0 Å². The molecular formula is C18H18N5+. The van der Waals surface area contributed by atoms with E-state index < -0.39 is 0 Å². The third kappa shape index (κ3) is 2.04. The normalized spacial score (nSPS) is 11.3. The van der Waals surface area contributed by atoms with Crippen molar-refractivity contribution in [3.8, 4) is 11.4 Å². The zero-order valence-electron chi connectivity index (χ0n) is 13.4. The van der Waals surface area contributed by atoms with Crippen LogP contribution in [0.4, 0.5) is 5.95 Å². The molecule has 2 aromatic carbocycles. The van der Waals surface area contributed by atoms with Gasteiger partial charge in [-0.2, -0.15) is 9.38 Å². The molecule has 0 saturated carbocycles. The van der Waals surface area contributed by atoms with Gasteiger partial charge in [0.2, 0.25) is 5.82 Å². The van der Waals surface area contributed by atoms with E-state index >= 15 is 0 Å². The maximum atomic E-state index is 4.81. The highest BCUT2D eigenvalue weighted by molar-refractivity contribution is 5.77. The highest BCUT2D eigenvalue weighted by Crippen LogP contribution is 2.23. The Morgan fingerprint density at radius 1 is 0.913 bits per heavy atom. The molecule has 0 amide bonds. The van der Waals surface area contributed by atoms with Gasteiger partial charge in [-0.15, -0.1) is 0 Å². The van der Waals surface area contributed by atoms with Crippen LogP contribution in [0.5, 0.6) is 0 Å². The third-order valence-corrected chi connectivity index (χ3v) is 4.03. The van der Waals surface area contributed by atoms with E-state index in [1.165, 1.54) is 0 Å². The minimum atomic E-state index is 0.736. The molecule has 4 rings (SSSR count). The van der Waals surface area contributed by atoms with E-state index in [1.54, 1.807) is 0 Å². The van der Waals surface area contributed by atoms with Gasteiger partial charge in [-0.3, -0.25) is 0 Å². The topological polar surface area (TPSA) is 37.3 Å². The van der Waals surface area contributed by atoms with E-state index in [-0.39, 0.29) is 0 Å². The van der Waals surface area contributed by atoms with Gasteiger partial charge in [-0.05, 0) is 29.2 Å². The number of imidazole rings is 1. The maximum Gasteiger partial charge on any atom is 0.409 e. The molecule has 0 N–H and O–H groups in total. The van der Waals surface area contributed by atoms with Crippen LogP contribution in [0.2, 0.25) is 0 Å². The molecule has 0 aliphatic rings. The lowest BCUT2D eigenvalue weighted by atomic mass is 10.2. The molecule has 23 heavy (non-hydrogen) atoms. The summed E-state index contributed by atoms with van der Waals surface area (Å²) in [6.07, 6.45) is 0. The van der Waals surface area contributed by atoms with Crippen LogP contribution in [0, 0.1) is 0 Å². The van der Waals surface area contributed by atoms with E-state index in [1.807, 2.05) is 68.5 Å². The van der Waals surface area contributed by atoms with Crippen LogP contribution in [0.3, 0.4) is 0 Å². The summed E-state index contributed by atoms with van der Waals surface area (Å²) >= 11 is 0. The molecule has 5 nitrogen and oxygen atoms in total. The number of anilines is 1. The fourth-order valence-electron chi connectivity index (χ4n) is 2.91. The average Bonchev–Trinajstić information content (AvgIpc) is 2.88. The summed E-state index contributed by atoms with van der Waals surface area (Å²) in [6, 6.07) is 18.4. The zero-order chi connectivity index (χ0) is 16.0. The maximum absolute atomic E-state index is 4.81. The van der Waals surface area contributed by atoms with Gasteiger partial charge >= 0.3 is 5.78 Å². The van der Waals surface area contributed by atoms with Crippen LogP contribution in [0.15, 0.2) is 54.6 Å². The molecule has 0 unspecified atom stereocenters. The highest BCUT2D eigenvalue weighted by atomic mass is 15.3. The fraction of sp³-hybridized carbons (Fsp3) is 0.167. The van der Waals surface area contributed by atoms with E-state index in [0.29, 0.717) is 0 Å². The Morgan fingerprint density at radius 3 is 2.35 bits per heavy atom. The number of aromatic nitrogens is 4. The van der Waals surface area contributed by atoms with Crippen LogP contribution >= 0.6 is 0 Å². The molecule has 0 aliphatic carbocycles. The quantitative estimate of drug-likeness (QED) is 0.534. The molecule has 5 heteroatoms. The van der Waals surface area contributed by atoms with Gasteiger partial charge in [0.05, 0.1) is 7.05 Å². The summed E-state index contributed by atoms with van der Waals surface area (Å²) in [6.45, 7) is 0. The highest BCUT2D eigenvalue weighted by Gasteiger charge is 2.24. The van der Waals surface area contributed by atoms with E-state index in [9.17, 15) is 0 Å². The summed E-state index contributed by atoms with van der Waals surface area (Å²) in [7, 11) is 6.05. The molecule has 0 spiro atoms. The largest absolute Gasteiger partial charge is 0.409 e. The van der Waals surface area contributed by atoms with Crippen molar-refractivity contribution >= 4 is 22.8 Å². The Morgan fingerprint density at radius 2 is 1.61 bits per heavy atom. The van der Waals surface area contributed by atoms with E-state index in [2.05, 4.69) is 21.1 Å². The Hall–Kier alpha value is -2.95. The minimum Gasteiger partial charge on any atom is -0.335 e. The van der Waals surface area contributed by atoms with Gasteiger partial charge in [0.25, 0.3) is 5.95 Å². The number of para-hydroxylation sites is 2. The van der Waals surface area contributed by atoms with Gasteiger partial charge in [0.15, 0.2) is 0 Å². The second kappa shape index (κ2) is 5.05. The first-order valence-electron chi connectivity index (χ1n) is 7.57. The number of aryl methyl sites for hydroxylation is 1. The predicted molar refractivity (Wildman–Crippen MR) is 91.4 cm³/mol. The first-order valence-corrected chi connectivity index (χ1v) is 7.57. The second-order valence-corrected chi connectivity index (χ2v) is 5.79. The molecule has 0 atom stereocenters. The van der Waals surface area contributed by atoms with Gasteiger partial charge < -0.3 is 4.90 Å². The van der Waals surface area contributed by atoms with Crippen molar-refractivity contribution < 1.29 is 4.57 Å². The summed E-state index contributed by atoms with van der Waals surface area (Å²) < 4.78 is 4.21.